The third kappa shape index (κ3) is 12.7. The lowest BCUT2D eigenvalue weighted by atomic mass is 9.89. The number of benzene rings is 4. The number of nitrogens with one attached hydrogen (secondary N) is 3. The van der Waals surface area contributed by atoms with E-state index >= 15 is 0 Å². The molecule has 16 nitrogen and oxygen atoms in total. The largest absolute Gasteiger partial charge is 0.573 e. The van der Waals surface area contributed by atoms with Crippen molar-refractivity contribution in [1.82, 2.24) is 35.0 Å². The van der Waals surface area contributed by atoms with Crippen LogP contribution in [0.1, 0.15) is 83.5 Å². The number of aryl methyl sites for hydroxylation is 1. The van der Waals surface area contributed by atoms with Crippen LogP contribution in [0.3, 0.4) is 0 Å². The number of carbonyl (C=O) groups is 5. The van der Waals surface area contributed by atoms with Gasteiger partial charge in [0.1, 0.15) is 29.6 Å². The molecule has 4 aliphatic rings. The van der Waals surface area contributed by atoms with E-state index < -0.39 is 12.4 Å². The van der Waals surface area contributed by atoms with Gasteiger partial charge in [-0.1, -0.05) is 42.2 Å². The zero-order valence-electron chi connectivity index (χ0n) is 42.4. The van der Waals surface area contributed by atoms with Crippen LogP contribution in [-0.4, -0.2) is 112 Å². The quantitative estimate of drug-likeness (QED) is 0.0489. The number of piperidine rings is 3. The topological polar surface area (TPSA) is 197 Å². The first-order chi connectivity index (χ1) is 37.2. The third-order valence-corrected chi connectivity index (χ3v) is 14.9. The number of halogens is 3. The lowest BCUT2D eigenvalue weighted by Crippen LogP contribution is -2.47. The number of nitrogens with zero attached hydrogens (tertiary/aromatic N) is 6. The van der Waals surface area contributed by atoms with Crippen molar-refractivity contribution < 1.29 is 41.9 Å². The van der Waals surface area contributed by atoms with Crippen molar-refractivity contribution in [3.05, 3.63) is 131 Å². The van der Waals surface area contributed by atoms with E-state index in [0.717, 1.165) is 72.4 Å². The van der Waals surface area contributed by atoms with Gasteiger partial charge in [0.25, 0.3) is 5.91 Å². The first-order valence-electron chi connectivity index (χ1n) is 26.2. The Morgan fingerprint density at radius 1 is 0.844 bits per heavy atom. The summed E-state index contributed by atoms with van der Waals surface area (Å²) in [7, 11) is 0. The maximum absolute atomic E-state index is 13.4. The Labute approximate surface area is 443 Å². The van der Waals surface area contributed by atoms with Crippen LogP contribution in [0.4, 0.5) is 30.4 Å². The molecule has 2 aromatic heterocycles. The fourth-order valence-electron chi connectivity index (χ4n) is 10.8. The molecule has 0 saturated carbocycles. The van der Waals surface area contributed by atoms with Gasteiger partial charge in [0.2, 0.25) is 23.6 Å². The molecule has 4 aromatic carbocycles. The molecule has 6 heterocycles. The summed E-state index contributed by atoms with van der Waals surface area (Å²) in [6, 6.07) is 26.3. The molecule has 3 saturated heterocycles. The van der Waals surface area contributed by atoms with Crippen LogP contribution in [0.25, 0.3) is 22.2 Å². The van der Waals surface area contributed by atoms with Crippen LogP contribution < -0.4 is 31.3 Å². The van der Waals surface area contributed by atoms with Crippen molar-refractivity contribution in [3.8, 4) is 28.7 Å². The van der Waals surface area contributed by atoms with Crippen LogP contribution in [0.5, 0.6) is 5.75 Å². The highest BCUT2D eigenvalue weighted by Gasteiger charge is 2.32. The number of anilines is 3. The maximum Gasteiger partial charge on any atom is 0.573 e. The number of hydrogen-bond donors (Lipinski definition) is 4. The normalized spacial score (nSPS) is 17.4. The van der Waals surface area contributed by atoms with Gasteiger partial charge in [-0.15, -0.1) is 13.2 Å². The number of aromatic nitrogens is 3. The van der Waals surface area contributed by atoms with Crippen molar-refractivity contribution >= 4 is 57.8 Å². The molecule has 5 N–H and O–H groups in total. The second-order valence-electron chi connectivity index (χ2n) is 20.1. The Bertz CT molecular complexity index is 3240. The third-order valence-electron chi connectivity index (χ3n) is 14.9. The fraction of sp³-hybridized carbons (Fsp3) is 0.362. The fourth-order valence-corrected chi connectivity index (χ4v) is 10.8. The van der Waals surface area contributed by atoms with Gasteiger partial charge < -0.3 is 35.5 Å². The second kappa shape index (κ2) is 22.9. The number of fused-ring (bicyclic) bond motifs is 2. The number of nitrogen functional groups attached to an aromatic ring is 1. The maximum atomic E-state index is 13.4. The molecule has 19 heteroatoms. The molecule has 1 atom stereocenters. The molecule has 77 heavy (non-hydrogen) atoms. The summed E-state index contributed by atoms with van der Waals surface area (Å²) in [5.41, 5.74) is 14.3. The van der Waals surface area contributed by atoms with Crippen LogP contribution in [0.2, 0.25) is 0 Å². The van der Waals surface area contributed by atoms with E-state index in [4.69, 9.17) is 5.73 Å². The molecule has 10 rings (SSSR count). The van der Waals surface area contributed by atoms with Gasteiger partial charge in [-0.05, 0) is 147 Å². The summed E-state index contributed by atoms with van der Waals surface area (Å²) in [6.07, 6.45) is 4.03. The summed E-state index contributed by atoms with van der Waals surface area (Å²) >= 11 is 0. The van der Waals surface area contributed by atoms with Crippen LogP contribution in [0.15, 0.2) is 104 Å². The number of likely N-dealkylation sites (tertiary alicyclic amines) is 2. The number of amides is 5. The molecule has 0 aliphatic carbocycles. The lowest BCUT2D eigenvalue weighted by Gasteiger charge is -2.35. The standard InChI is InChI=1S/C58H59F3N10O6/c59-58(60,61)77-46-4-1-3-39(31-46)32-51(73)71-30-23-44-33-43(13-17-49(44)71)47-34-70(55-53(47)54(62)64-36-65-55)25-2-24-63-56(75)42-9-7-37(8-10-42)5-6-38-19-28-69(29-20-38)52(74)35-68-26-21-41(22-27-68)40-11-14-45(15-12-40)66-48-16-18-50(72)67-57(48)76/h1,3-4,7-15,17,31,33-34,36,38,41,48,66H,2,16,18-30,32,35H2,(H,63,75)(H2,62,64,65)(H,67,72,76). The highest BCUT2D eigenvalue weighted by Crippen LogP contribution is 2.38. The number of hydrogen-bond acceptors (Lipinski definition) is 11. The molecule has 398 valence electrons. The van der Waals surface area contributed by atoms with Gasteiger partial charge in [-0.2, -0.15) is 0 Å². The molecular weight excluding hydrogens is 990 g/mol. The molecule has 3 fully saturated rings. The number of rotatable bonds is 14. The molecule has 0 radical (unpaired) electrons. The first-order valence-corrected chi connectivity index (χ1v) is 26.2. The molecular formula is C58H59F3N10O6. The summed E-state index contributed by atoms with van der Waals surface area (Å²) in [4.78, 5) is 78.2. The predicted octanol–water partition coefficient (Wildman–Crippen LogP) is 7.22. The number of ether oxygens (including phenoxy) is 1. The van der Waals surface area contributed by atoms with E-state index in [-0.39, 0.29) is 47.6 Å². The van der Waals surface area contributed by atoms with Crippen molar-refractivity contribution in [1.29, 1.82) is 0 Å². The van der Waals surface area contributed by atoms with Crippen LogP contribution in [0, 0.1) is 17.8 Å². The molecule has 0 bridgehead atoms. The summed E-state index contributed by atoms with van der Waals surface area (Å²) in [6.45, 7) is 4.84. The van der Waals surface area contributed by atoms with Crippen molar-refractivity contribution in [2.24, 2.45) is 5.92 Å². The average molecular weight is 1050 g/mol. The zero-order chi connectivity index (χ0) is 53.6. The Morgan fingerprint density at radius 3 is 2.38 bits per heavy atom. The van der Waals surface area contributed by atoms with Gasteiger partial charge in [0.05, 0.1) is 18.4 Å². The summed E-state index contributed by atoms with van der Waals surface area (Å²) in [5.74, 6) is 6.41. The van der Waals surface area contributed by atoms with E-state index in [9.17, 15) is 37.1 Å². The van der Waals surface area contributed by atoms with Gasteiger partial charge in [-0.3, -0.25) is 34.2 Å². The lowest BCUT2D eigenvalue weighted by molar-refractivity contribution is -0.274. The highest BCUT2D eigenvalue weighted by atomic mass is 19.4. The minimum Gasteiger partial charge on any atom is -0.406 e. The zero-order valence-corrected chi connectivity index (χ0v) is 42.4. The molecule has 5 amide bonds. The van der Waals surface area contributed by atoms with Gasteiger partial charge in [0.15, 0.2) is 0 Å². The monoisotopic (exact) mass is 1050 g/mol. The summed E-state index contributed by atoms with van der Waals surface area (Å²) in [5, 5.41) is 9.33. The minimum atomic E-state index is -4.83. The first kappa shape index (κ1) is 52.2. The van der Waals surface area contributed by atoms with Gasteiger partial charge in [-0.25, -0.2) is 9.97 Å². The Morgan fingerprint density at radius 2 is 1.62 bits per heavy atom. The van der Waals surface area contributed by atoms with E-state index in [0.29, 0.717) is 98.8 Å². The predicted molar refractivity (Wildman–Crippen MR) is 284 cm³/mol. The van der Waals surface area contributed by atoms with E-state index in [1.54, 1.807) is 23.1 Å². The number of alkyl halides is 3. The van der Waals surface area contributed by atoms with E-state index in [2.05, 4.69) is 59.5 Å². The van der Waals surface area contributed by atoms with Crippen molar-refractivity contribution in [2.75, 3.05) is 61.8 Å². The SMILES string of the molecule is Nc1ncnc2c1c(-c1ccc3c(c1)CCN3C(=O)Cc1cccc(OC(F)(F)F)c1)cn2CCCNC(=O)c1ccc(C#CC2CCN(C(=O)CN3CCC(c4ccc(NC5CCC(=O)NC5=O)cc4)CC3)CC2)cc1. The smallest absolute Gasteiger partial charge is 0.406 e. The minimum absolute atomic E-state index is 0.0891. The van der Waals surface area contributed by atoms with Crippen LogP contribution in [-0.2, 0) is 38.6 Å². The number of imide groups is 1. The Kier molecular flexibility index (Phi) is 15.5. The van der Waals surface area contributed by atoms with Crippen LogP contribution >= 0.6 is 0 Å². The van der Waals surface area contributed by atoms with E-state index in [1.807, 2.05) is 58.1 Å². The van der Waals surface area contributed by atoms with Crippen molar-refractivity contribution in [3.63, 3.8) is 0 Å². The second-order valence-corrected chi connectivity index (χ2v) is 20.1. The van der Waals surface area contributed by atoms with E-state index in [1.165, 1.54) is 30.1 Å². The number of carbonyl (C=O) groups excluding carboxylic acids is 5. The average Bonchev–Trinajstić information content (AvgIpc) is 4.10. The highest BCUT2D eigenvalue weighted by molar-refractivity contribution is 6.03. The van der Waals surface area contributed by atoms with Gasteiger partial charge >= 0.3 is 6.36 Å². The summed E-state index contributed by atoms with van der Waals surface area (Å²) < 4.78 is 44.4. The Hall–Kier alpha value is -8.24. The Balaban J connectivity index is 0.651. The molecule has 1 unspecified atom stereocenters. The molecule has 0 spiro atoms. The van der Waals surface area contributed by atoms with Crippen molar-refractivity contribution in [2.45, 2.75) is 82.7 Å². The number of nitrogens with two attached hydrogens (primary N) is 1. The van der Waals surface area contributed by atoms with Gasteiger partial charge in [0, 0.05) is 79.3 Å². The molecule has 6 aromatic rings. The molecule has 4 aliphatic heterocycles.